The molecule has 0 atom stereocenters. The van der Waals surface area contributed by atoms with Crippen LogP contribution in [0.3, 0.4) is 0 Å². The molecule has 1 aliphatic heterocycles. The first-order valence-corrected chi connectivity index (χ1v) is 4.44. The smallest absolute Gasteiger partial charge is 0.235 e. The van der Waals surface area contributed by atoms with Gasteiger partial charge in [0.05, 0.1) is 16.8 Å². The van der Waals surface area contributed by atoms with Gasteiger partial charge in [0, 0.05) is 0 Å². The molecule has 1 fully saturated rings. The number of hydrogen-bond donors (Lipinski definition) is 2. The third-order valence-corrected chi connectivity index (χ3v) is 3.04. The summed E-state index contributed by atoms with van der Waals surface area (Å²) in [7, 11) is 0. The first-order valence-electron chi connectivity index (χ1n) is 4.44. The molecule has 1 spiro atoms. The van der Waals surface area contributed by atoms with E-state index in [-0.39, 0.29) is 11.3 Å². The van der Waals surface area contributed by atoms with Gasteiger partial charge in [0.15, 0.2) is 0 Å². The van der Waals surface area contributed by atoms with Crippen molar-refractivity contribution in [3.8, 4) is 0 Å². The van der Waals surface area contributed by atoms with Gasteiger partial charge in [0.1, 0.15) is 0 Å². The van der Waals surface area contributed by atoms with Gasteiger partial charge in [0.2, 0.25) is 5.91 Å². The van der Waals surface area contributed by atoms with Crippen LogP contribution in [0.5, 0.6) is 0 Å². The Morgan fingerprint density at radius 2 is 2.15 bits per heavy atom. The van der Waals surface area contributed by atoms with Crippen LogP contribution in [-0.4, -0.2) is 5.91 Å². The predicted octanol–water partition coefficient (Wildman–Crippen LogP) is 1.25. The van der Waals surface area contributed by atoms with Gasteiger partial charge in [-0.2, -0.15) is 0 Å². The van der Waals surface area contributed by atoms with Crippen molar-refractivity contribution in [2.45, 2.75) is 18.3 Å². The Hall–Kier alpha value is -1.51. The summed E-state index contributed by atoms with van der Waals surface area (Å²) >= 11 is 0. The lowest BCUT2D eigenvalue weighted by Crippen LogP contribution is -2.18. The zero-order chi connectivity index (χ0) is 9.05. The van der Waals surface area contributed by atoms with Crippen molar-refractivity contribution in [1.29, 1.82) is 0 Å². The number of para-hydroxylation sites is 1. The Kier molecular flexibility index (Phi) is 0.998. The molecule has 0 radical (unpaired) electrons. The van der Waals surface area contributed by atoms with Crippen LogP contribution in [0.25, 0.3) is 0 Å². The number of anilines is 2. The van der Waals surface area contributed by atoms with Crippen LogP contribution in [0.1, 0.15) is 18.4 Å². The van der Waals surface area contributed by atoms with Crippen molar-refractivity contribution >= 4 is 17.3 Å². The summed E-state index contributed by atoms with van der Waals surface area (Å²) in [6, 6.07) is 5.73. The van der Waals surface area contributed by atoms with E-state index in [2.05, 4.69) is 5.32 Å². The Labute approximate surface area is 75.9 Å². The highest BCUT2D eigenvalue weighted by molar-refractivity contribution is 6.10. The van der Waals surface area contributed by atoms with Gasteiger partial charge in [-0.25, -0.2) is 0 Å². The molecule has 3 heteroatoms. The molecule has 3 nitrogen and oxygen atoms in total. The highest BCUT2D eigenvalue weighted by Crippen LogP contribution is 2.56. The summed E-state index contributed by atoms with van der Waals surface area (Å²) in [6.07, 6.45) is 1.94. The Bertz CT molecular complexity index is 407. The van der Waals surface area contributed by atoms with Crippen LogP contribution in [0.15, 0.2) is 18.2 Å². The number of rotatable bonds is 0. The van der Waals surface area contributed by atoms with Gasteiger partial charge in [-0.1, -0.05) is 12.1 Å². The van der Waals surface area contributed by atoms with Gasteiger partial charge >= 0.3 is 0 Å². The van der Waals surface area contributed by atoms with Crippen LogP contribution in [0.2, 0.25) is 0 Å². The summed E-state index contributed by atoms with van der Waals surface area (Å²) in [5, 5.41) is 2.85. The van der Waals surface area contributed by atoms with E-state index < -0.39 is 0 Å². The number of fused-ring (bicyclic) bond motifs is 2. The molecule has 1 aromatic carbocycles. The molecule has 3 N–H and O–H groups in total. The highest BCUT2D eigenvalue weighted by atomic mass is 16.2. The first-order chi connectivity index (χ1) is 6.24. The molecule has 1 amide bonds. The SMILES string of the molecule is Nc1cccc2c1NC(=O)C21CC1. The van der Waals surface area contributed by atoms with Crippen molar-refractivity contribution in [2.75, 3.05) is 11.1 Å². The second-order valence-corrected chi connectivity index (χ2v) is 3.81. The number of nitrogens with two attached hydrogens (primary N) is 1. The van der Waals surface area contributed by atoms with Crippen molar-refractivity contribution in [1.82, 2.24) is 0 Å². The van der Waals surface area contributed by atoms with Crippen molar-refractivity contribution < 1.29 is 4.79 Å². The third kappa shape index (κ3) is 0.674. The molecule has 1 aromatic rings. The van der Waals surface area contributed by atoms with Gasteiger partial charge in [-0.05, 0) is 24.5 Å². The number of hydrogen-bond acceptors (Lipinski definition) is 2. The second kappa shape index (κ2) is 1.87. The molecule has 0 saturated heterocycles. The highest BCUT2D eigenvalue weighted by Gasteiger charge is 2.56. The monoisotopic (exact) mass is 174 g/mol. The standard InChI is InChI=1S/C10H10N2O/c11-7-3-1-2-6-8(7)12-9(13)10(6)4-5-10/h1-3H,4-5,11H2,(H,12,13). The topological polar surface area (TPSA) is 55.1 Å². The normalized spacial score (nSPS) is 21.4. The number of carbonyl (C=O) groups excluding carboxylic acids is 1. The van der Waals surface area contributed by atoms with Crippen LogP contribution in [-0.2, 0) is 10.2 Å². The molecule has 0 aromatic heterocycles. The number of nitrogen functional groups attached to an aromatic ring is 1. The molecule has 13 heavy (non-hydrogen) atoms. The molecule has 0 unspecified atom stereocenters. The van der Waals surface area contributed by atoms with Crippen LogP contribution < -0.4 is 11.1 Å². The van der Waals surface area contributed by atoms with Crippen molar-refractivity contribution in [3.63, 3.8) is 0 Å². The van der Waals surface area contributed by atoms with E-state index in [0.717, 1.165) is 24.1 Å². The average molecular weight is 174 g/mol. The summed E-state index contributed by atoms with van der Waals surface area (Å²) in [4.78, 5) is 11.6. The zero-order valence-electron chi connectivity index (χ0n) is 7.13. The van der Waals surface area contributed by atoms with Gasteiger partial charge in [-0.15, -0.1) is 0 Å². The van der Waals surface area contributed by atoms with Crippen LogP contribution >= 0.6 is 0 Å². The maximum atomic E-state index is 11.6. The van der Waals surface area contributed by atoms with E-state index in [9.17, 15) is 4.79 Å². The Morgan fingerprint density at radius 3 is 2.85 bits per heavy atom. The van der Waals surface area contributed by atoms with E-state index in [0.29, 0.717) is 5.69 Å². The fourth-order valence-electron chi connectivity index (χ4n) is 2.09. The zero-order valence-corrected chi connectivity index (χ0v) is 7.13. The van der Waals surface area contributed by atoms with E-state index in [4.69, 9.17) is 5.73 Å². The largest absolute Gasteiger partial charge is 0.397 e. The van der Waals surface area contributed by atoms with Gasteiger partial charge in [0.25, 0.3) is 0 Å². The maximum Gasteiger partial charge on any atom is 0.235 e. The van der Waals surface area contributed by atoms with Gasteiger partial charge in [-0.3, -0.25) is 4.79 Å². The lowest BCUT2D eigenvalue weighted by atomic mass is 9.97. The quantitative estimate of drug-likeness (QED) is 0.581. The Balaban J connectivity index is 2.28. The van der Waals surface area contributed by atoms with Crippen molar-refractivity contribution in [2.24, 2.45) is 0 Å². The minimum Gasteiger partial charge on any atom is -0.397 e. The molecule has 66 valence electrons. The molecule has 1 aliphatic carbocycles. The molecule has 1 heterocycles. The van der Waals surface area contributed by atoms with Crippen LogP contribution in [0.4, 0.5) is 11.4 Å². The first kappa shape index (κ1) is 6.95. The number of carbonyl (C=O) groups is 1. The fourth-order valence-corrected chi connectivity index (χ4v) is 2.09. The number of nitrogens with one attached hydrogen (secondary N) is 1. The average Bonchev–Trinajstić information content (AvgIpc) is 2.83. The Morgan fingerprint density at radius 1 is 1.38 bits per heavy atom. The van der Waals surface area contributed by atoms with Gasteiger partial charge < -0.3 is 11.1 Å². The second-order valence-electron chi connectivity index (χ2n) is 3.81. The van der Waals surface area contributed by atoms with E-state index in [1.807, 2.05) is 18.2 Å². The lowest BCUT2D eigenvalue weighted by molar-refractivity contribution is -0.117. The van der Waals surface area contributed by atoms with E-state index in [1.165, 1.54) is 0 Å². The lowest BCUT2D eigenvalue weighted by Gasteiger charge is -2.04. The number of amides is 1. The fraction of sp³-hybridized carbons (Fsp3) is 0.300. The minimum absolute atomic E-state index is 0.125. The maximum absolute atomic E-state index is 11.6. The van der Waals surface area contributed by atoms with E-state index in [1.54, 1.807) is 0 Å². The molecule has 3 rings (SSSR count). The van der Waals surface area contributed by atoms with Crippen LogP contribution in [0, 0.1) is 0 Å². The molecule has 2 aliphatic rings. The summed E-state index contributed by atoms with van der Waals surface area (Å²) in [5.74, 6) is 0.125. The minimum atomic E-state index is -0.204. The molecule has 0 bridgehead atoms. The summed E-state index contributed by atoms with van der Waals surface area (Å²) in [5.41, 5.74) is 8.17. The molecule has 1 saturated carbocycles. The molecular weight excluding hydrogens is 164 g/mol. The summed E-state index contributed by atoms with van der Waals surface area (Å²) < 4.78 is 0. The third-order valence-electron chi connectivity index (χ3n) is 3.04. The van der Waals surface area contributed by atoms with E-state index >= 15 is 0 Å². The number of benzene rings is 1. The predicted molar refractivity (Wildman–Crippen MR) is 50.4 cm³/mol. The molecular formula is C10H10N2O. The van der Waals surface area contributed by atoms with Crippen molar-refractivity contribution in [3.05, 3.63) is 23.8 Å². The summed E-state index contributed by atoms with van der Waals surface area (Å²) in [6.45, 7) is 0.